The van der Waals surface area contributed by atoms with Crippen molar-refractivity contribution in [1.82, 2.24) is 15.1 Å². The number of hydrogen-bond donors (Lipinski definition) is 1. The van der Waals surface area contributed by atoms with Crippen molar-refractivity contribution >= 4 is 0 Å². The largest absolute Gasteiger partial charge is 0.493 e. The van der Waals surface area contributed by atoms with E-state index in [2.05, 4.69) is 41.6 Å². The molecule has 3 rings (SSSR count). The van der Waals surface area contributed by atoms with E-state index in [1.807, 2.05) is 24.0 Å². The number of para-hydroxylation sites is 1. The number of fused-ring (bicyclic) bond motifs is 1. The second-order valence-electron chi connectivity index (χ2n) is 5.60. The van der Waals surface area contributed by atoms with Crippen LogP contribution in [0.4, 0.5) is 0 Å². The fraction of sp³-hybridized carbons (Fsp3) is 0.471. The molecule has 1 N–H and O–H groups in total. The molecule has 1 aromatic heterocycles. The molecule has 2 unspecified atom stereocenters. The average molecular weight is 285 g/mol. The van der Waals surface area contributed by atoms with Crippen LogP contribution in [0.3, 0.4) is 0 Å². The lowest BCUT2D eigenvalue weighted by molar-refractivity contribution is 0.254. The number of aromatic nitrogens is 2. The summed E-state index contributed by atoms with van der Waals surface area (Å²) in [6.45, 7) is 3.92. The third-order valence-electron chi connectivity index (χ3n) is 4.27. The van der Waals surface area contributed by atoms with E-state index in [4.69, 9.17) is 4.74 Å². The summed E-state index contributed by atoms with van der Waals surface area (Å²) in [5.41, 5.74) is 2.59. The van der Waals surface area contributed by atoms with Crippen LogP contribution in [-0.4, -0.2) is 22.9 Å². The summed E-state index contributed by atoms with van der Waals surface area (Å²) in [6.07, 6.45) is 4.03. The Hall–Kier alpha value is -1.81. The van der Waals surface area contributed by atoms with Gasteiger partial charge in [-0.2, -0.15) is 5.10 Å². The summed E-state index contributed by atoms with van der Waals surface area (Å²) in [5, 5.41) is 7.91. The van der Waals surface area contributed by atoms with Gasteiger partial charge in [0.05, 0.1) is 12.3 Å². The molecular weight excluding hydrogens is 262 g/mol. The quantitative estimate of drug-likeness (QED) is 0.918. The monoisotopic (exact) mass is 285 g/mol. The highest BCUT2D eigenvalue weighted by molar-refractivity contribution is 5.38. The van der Waals surface area contributed by atoms with Gasteiger partial charge in [0.1, 0.15) is 5.75 Å². The van der Waals surface area contributed by atoms with E-state index in [0.29, 0.717) is 12.0 Å². The van der Waals surface area contributed by atoms with E-state index >= 15 is 0 Å². The van der Waals surface area contributed by atoms with E-state index < -0.39 is 0 Å². The Morgan fingerprint density at radius 3 is 3.00 bits per heavy atom. The van der Waals surface area contributed by atoms with Crippen LogP contribution in [0.1, 0.15) is 43.0 Å². The molecule has 1 aromatic carbocycles. The second-order valence-corrected chi connectivity index (χ2v) is 5.60. The summed E-state index contributed by atoms with van der Waals surface area (Å²) in [6, 6.07) is 10.9. The zero-order valence-corrected chi connectivity index (χ0v) is 12.7. The lowest BCUT2D eigenvalue weighted by Crippen LogP contribution is -2.26. The van der Waals surface area contributed by atoms with Crippen molar-refractivity contribution in [2.75, 3.05) is 13.2 Å². The maximum atomic E-state index is 5.77. The van der Waals surface area contributed by atoms with Crippen LogP contribution in [0.2, 0.25) is 0 Å². The molecule has 112 valence electrons. The molecule has 2 heterocycles. The van der Waals surface area contributed by atoms with Gasteiger partial charge in [-0.15, -0.1) is 0 Å². The van der Waals surface area contributed by atoms with Crippen LogP contribution >= 0.6 is 0 Å². The van der Waals surface area contributed by atoms with Crippen LogP contribution in [0, 0.1) is 0 Å². The molecule has 1 aliphatic rings. The third-order valence-corrected chi connectivity index (χ3v) is 4.27. The van der Waals surface area contributed by atoms with Crippen molar-refractivity contribution in [2.45, 2.75) is 31.7 Å². The van der Waals surface area contributed by atoms with Gasteiger partial charge in [0.2, 0.25) is 0 Å². The van der Waals surface area contributed by atoms with Crippen LogP contribution in [0.15, 0.2) is 36.5 Å². The van der Waals surface area contributed by atoms with Gasteiger partial charge in [0, 0.05) is 19.3 Å². The third kappa shape index (κ3) is 2.95. The first-order chi connectivity index (χ1) is 10.3. The van der Waals surface area contributed by atoms with Crippen molar-refractivity contribution in [2.24, 2.45) is 7.05 Å². The van der Waals surface area contributed by atoms with E-state index in [0.717, 1.165) is 31.7 Å². The number of ether oxygens (including phenoxy) is 1. The molecule has 0 saturated carbocycles. The molecule has 1 aliphatic heterocycles. The Morgan fingerprint density at radius 2 is 2.24 bits per heavy atom. The molecular formula is C17H23N3O. The van der Waals surface area contributed by atoms with E-state index in [9.17, 15) is 0 Å². The highest BCUT2D eigenvalue weighted by atomic mass is 16.5. The molecule has 2 atom stereocenters. The molecule has 0 fully saturated rings. The minimum Gasteiger partial charge on any atom is -0.493 e. The maximum Gasteiger partial charge on any atom is 0.122 e. The van der Waals surface area contributed by atoms with Gasteiger partial charge in [-0.1, -0.05) is 25.1 Å². The number of rotatable bonds is 5. The molecule has 0 saturated heterocycles. The Labute approximate surface area is 126 Å². The summed E-state index contributed by atoms with van der Waals surface area (Å²) < 4.78 is 7.74. The van der Waals surface area contributed by atoms with Gasteiger partial charge >= 0.3 is 0 Å². The number of hydrogen-bond acceptors (Lipinski definition) is 3. The van der Waals surface area contributed by atoms with E-state index in [-0.39, 0.29) is 0 Å². The fourth-order valence-electron chi connectivity index (χ4n) is 3.23. The Morgan fingerprint density at radius 1 is 1.38 bits per heavy atom. The Balaban J connectivity index is 1.83. The molecule has 4 nitrogen and oxygen atoms in total. The molecule has 0 spiro atoms. The van der Waals surface area contributed by atoms with Crippen molar-refractivity contribution in [3.05, 3.63) is 47.8 Å². The number of aryl methyl sites for hydroxylation is 1. The molecule has 0 amide bonds. The van der Waals surface area contributed by atoms with Crippen molar-refractivity contribution < 1.29 is 4.74 Å². The molecule has 0 bridgehead atoms. The van der Waals surface area contributed by atoms with Crippen molar-refractivity contribution in [3.8, 4) is 5.75 Å². The summed E-state index contributed by atoms with van der Waals surface area (Å²) in [4.78, 5) is 0. The molecule has 2 aromatic rings. The minimum absolute atomic E-state index is 0.332. The molecule has 0 radical (unpaired) electrons. The summed E-state index contributed by atoms with van der Waals surface area (Å²) in [5.74, 6) is 1.59. The minimum atomic E-state index is 0.332. The van der Waals surface area contributed by atoms with Crippen LogP contribution in [0.25, 0.3) is 0 Å². The van der Waals surface area contributed by atoms with Gasteiger partial charge < -0.3 is 10.1 Å². The lowest BCUT2D eigenvalue weighted by Gasteiger charge is -2.29. The van der Waals surface area contributed by atoms with Crippen molar-refractivity contribution in [1.29, 1.82) is 0 Å². The summed E-state index contributed by atoms with van der Waals surface area (Å²) >= 11 is 0. The van der Waals surface area contributed by atoms with E-state index in [1.54, 1.807) is 0 Å². The topological polar surface area (TPSA) is 39.1 Å². The molecule has 4 heteroatoms. The van der Waals surface area contributed by atoms with Gasteiger partial charge in [0.15, 0.2) is 0 Å². The SMILES string of the molecule is CCNC(CC1CCOc2ccccc21)c1ccnn1C. The van der Waals surface area contributed by atoms with Gasteiger partial charge in [0.25, 0.3) is 0 Å². The molecule has 0 aliphatic carbocycles. The number of benzene rings is 1. The number of nitrogens with one attached hydrogen (secondary N) is 1. The number of nitrogens with zero attached hydrogens (tertiary/aromatic N) is 2. The normalized spacial score (nSPS) is 18.9. The summed E-state index contributed by atoms with van der Waals surface area (Å²) in [7, 11) is 2.01. The van der Waals surface area contributed by atoms with Crippen molar-refractivity contribution in [3.63, 3.8) is 0 Å². The Bertz CT molecular complexity index is 593. The van der Waals surface area contributed by atoms with Crippen LogP contribution < -0.4 is 10.1 Å². The smallest absolute Gasteiger partial charge is 0.122 e. The predicted octanol–water partition coefficient (Wildman–Crippen LogP) is 3.03. The average Bonchev–Trinajstić information content (AvgIpc) is 2.93. The standard InChI is InChI=1S/C17H23N3O/c1-3-18-15(16-8-10-19-20(16)2)12-13-9-11-21-17-7-5-4-6-14(13)17/h4-8,10,13,15,18H,3,9,11-12H2,1-2H3. The maximum absolute atomic E-state index is 5.77. The highest BCUT2D eigenvalue weighted by Crippen LogP contribution is 2.38. The lowest BCUT2D eigenvalue weighted by atomic mass is 9.86. The molecule has 21 heavy (non-hydrogen) atoms. The van der Waals surface area contributed by atoms with E-state index in [1.165, 1.54) is 11.3 Å². The van der Waals surface area contributed by atoms with Gasteiger partial charge in [-0.3, -0.25) is 4.68 Å². The first-order valence-corrected chi connectivity index (χ1v) is 7.72. The zero-order chi connectivity index (χ0) is 14.7. The Kier molecular flexibility index (Phi) is 4.25. The second kappa shape index (κ2) is 6.31. The first-order valence-electron chi connectivity index (χ1n) is 7.72. The van der Waals surface area contributed by atoms with Gasteiger partial charge in [-0.25, -0.2) is 0 Å². The first kappa shape index (κ1) is 14.1. The van der Waals surface area contributed by atoms with Gasteiger partial charge in [-0.05, 0) is 43.0 Å². The predicted molar refractivity (Wildman–Crippen MR) is 83.5 cm³/mol. The zero-order valence-electron chi connectivity index (χ0n) is 12.7. The van der Waals surface area contributed by atoms with Crippen LogP contribution in [-0.2, 0) is 7.05 Å². The van der Waals surface area contributed by atoms with Crippen LogP contribution in [0.5, 0.6) is 5.75 Å². The fourth-order valence-corrected chi connectivity index (χ4v) is 3.23. The highest BCUT2D eigenvalue weighted by Gasteiger charge is 2.25.